The van der Waals surface area contributed by atoms with E-state index in [4.69, 9.17) is 10.6 Å². The molecule has 1 fully saturated rings. The van der Waals surface area contributed by atoms with Crippen LogP contribution in [0.2, 0.25) is 0 Å². The number of amides is 1. The first-order valence-electron chi connectivity index (χ1n) is 6.53. The number of thiophene rings is 1. The number of morpholine rings is 1. The zero-order valence-electron chi connectivity index (χ0n) is 11.8. The molecule has 0 saturated carbocycles. The summed E-state index contributed by atoms with van der Waals surface area (Å²) in [6.07, 6.45) is -0.191. The minimum Gasteiger partial charge on any atom is -0.394 e. The molecule has 20 heavy (non-hydrogen) atoms. The van der Waals surface area contributed by atoms with Crippen LogP contribution in [0.25, 0.3) is 0 Å². The van der Waals surface area contributed by atoms with Crippen LogP contribution in [0.4, 0.5) is 0 Å². The maximum Gasteiger partial charge on any atom is 0.275 e. The number of aliphatic hydroxyl groups excluding tert-OH is 1. The summed E-state index contributed by atoms with van der Waals surface area (Å²) in [5, 5.41) is 11.2. The Hall–Kier alpha value is -0.990. The molecule has 0 spiro atoms. The number of hydrogen-bond donors (Lipinski definition) is 3. The summed E-state index contributed by atoms with van der Waals surface area (Å²) in [5.41, 5.74) is 2.81. The molecule has 1 aliphatic rings. The first-order valence-corrected chi connectivity index (χ1v) is 7.41. The number of nitrogens with one attached hydrogen (secondary N) is 1. The molecule has 0 aliphatic carbocycles. The van der Waals surface area contributed by atoms with Crippen LogP contribution < -0.4 is 11.3 Å². The van der Waals surface area contributed by atoms with Crippen molar-refractivity contribution >= 4 is 17.2 Å². The number of hydrogen-bond acceptors (Lipinski definition) is 6. The summed E-state index contributed by atoms with van der Waals surface area (Å²) < 4.78 is 5.78. The smallest absolute Gasteiger partial charge is 0.275 e. The van der Waals surface area contributed by atoms with Gasteiger partial charge in [-0.15, -0.1) is 11.3 Å². The second-order valence-electron chi connectivity index (χ2n) is 5.60. The fraction of sp³-hybridized carbons (Fsp3) is 0.615. The molecule has 2 rings (SSSR count). The summed E-state index contributed by atoms with van der Waals surface area (Å²) in [6.45, 7) is 6.06. The second-order valence-corrected chi connectivity index (χ2v) is 6.52. The highest BCUT2D eigenvalue weighted by Gasteiger charge is 2.33. The van der Waals surface area contributed by atoms with Gasteiger partial charge in [0.2, 0.25) is 0 Å². The highest BCUT2D eigenvalue weighted by molar-refractivity contribution is 7.12. The Morgan fingerprint density at radius 1 is 1.70 bits per heavy atom. The molecule has 1 aromatic heterocycles. The predicted octanol–water partition coefficient (Wildman–Crippen LogP) is 0.323. The van der Waals surface area contributed by atoms with Crippen molar-refractivity contribution in [3.05, 3.63) is 21.9 Å². The van der Waals surface area contributed by atoms with Gasteiger partial charge in [0.15, 0.2) is 0 Å². The summed E-state index contributed by atoms with van der Waals surface area (Å²) >= 11 is 1.38. The van der Waals surface area contributed by atoms with Gasteiger partial charge in [0.1, 0.15) is 0 Å². The molecule has 0 radical (unpaired) electrons. The molecule has 0 aromatic carbocycles. The minimum atomic E-state index is -0.308. The van der Waals surface area contributed by atoms with Crippen molar-refractivity contribution in [3.63, 3.8) is 0 Å². The molecular formula is C13H21N3O3S. The molecule has 1 aromatic rings. The van der Waals surface area contributed by atoms with Crippen molar-refractivity contribution in [2.45, 2.75) is 32.1 Å². The van der Waals surface area contributed by atoms with Gasteiger partial charge in [-0.05, 0) is 30.9 Å². The van der Waals surface area contributed by atoms with Crippen LogP contribution in [0, 0.1) is 0 Å². The lowest BCUT2D eigenvalue weighted by Gasteiger charge is -2.42. The van der Waals surface area contributed by atoms with Gasteiger partial charge >= 0.3 is 0 Å². The number of carbonyl (C=O) groups excluding carboxylic acids is 1. The molecule has 1 amide bonds. The van der Waals surface area contributed by atoms with Crippen molar-refractivity contribution in [1.82, 2.24) is 10.3 Å². The summed E-state index contributed by atoms with van der Waals surface area (Å²) in [5.74, 6) is 4.93. The summed E-state index contributed by atoms with van der Waals surface area (Å²) in [6, 6.07) is 1.94. The lowest BCUT2D eigenvalue weighted by Crippen LogP contribution is -2.53. The molecule has 6 nitrogen and oxygen atoms in total. The normalized spacial score (nSPS) is 22.7. The van der Waals surface area contributed by atoms with Gasteiger partial charge in [-0.1, -0.05) is 0 Å². The third-order valence-electron chi connectivity index (χ3n) is 3.23. The molecule has 1 saturated heterocycles. The van der Waals surface area contributed by atoms with E-state index in [0.29, 0.717) is 18.0 Å². The van der Waals surface area contributed by atoms with Crippen molar-refractivity contribution in [3.8, 4) is 0 Å². The minimum absolute atomic E-state index is 0.000288. The topological polar surface area (TPSA) is 87.8 Å². The highest BCUT2D eigenvalue weighted by atomic mass is 32.1. The molecule has 7 heteroatoms. The zero-order chi connectivity index (χ0) is 14.8. The van der Waals surface area contributed by atoms with Gasteiger partial charge in [-0.3, -0.25) is 15.1 Å². The van der Waals surface area contributed by atoms with Gasteiger partial charge in [-0.25, -0.2) is 5.84 Å². The highest BCUT2D eigenvalue weighted by Crippen LogP contribution is 2.25. The van der Waals surface area contributed by atoms with E-state index in [1.54, 1.807) is 0 Å². The van der Waals surface area contributed by atoms with E-state index in [-0.39, 0.29) is 24.2 Å². The number of hydrazine groups is 1. The Labute approximate surface area is 122 Å². The Morgan fingerprint density at radius 2 is 2.45 bits per heavy atom. The van der Waals surface area contributed by atoms with Gasteiger partial charge in [0, 0.05) is 19.6 Å². The molecule has 1 atom stereocenters. The standard InChI is InChI=1S/C13H21N3O3S/c1-13(2)8-16(6-10(7-17)19-13)5-9-3-4-20-11(9)12(18)15-14/h3-4,10,17H,5-8,14H2,1-2H3,(H,15,18). The van der Waals surface area contributed by atoms with Crippen LogP contribution in [0.3, 0.4) is 0 Å². The second kappa shape index (κ2) is 6.19. The monoisotopic (exact) mass is 299 g/mol. The molecule has 1 aliphatic heterocycles. The number of carbonyl (C=O) groups is 1. The zero-order valence-corrected chi connectivity index (χ0v) is 12.6. The fourth-order valence-electron chi connectivity index (χ4n) is 2.60. The van der Waals surface area contributed by atoms with Crippen LogP contribution in [0.15, 0.2) is 11.4 Å². The van der Waals surface area contributed by atoms with Gasteiger partial charge in [-0.2, -0.15) is 0 Å². The van der Waals surface area contributed by atoms with Crippen LogP contribution in [-0.2, 0) is 11.3 Å². The largest absolute Gasteiger partial charge is 0.394 e. The van der Waals surface area contributed by atoms with E-state index in [2.05, 4.69) is 10.3 Å². The molecule has 2 heterocycles. The third kappa shape index (κ3) is 3.56. The van der Waals surface area contributed by atoms with Crippen molar-refractivity contribution in [1.29, 1.82) is 0 Å². The van der Waals surface area contributed by atoms with Gasteiger partial charge in [0.25, 0.3) is 5.91 Å². The van der Waals surface area contributed by atoms with Crippen LogP contribution >= 0.6 is 11.3 Å². The van der Waals surface area contributed by atoms with Crippen LogP contribution in [0.1, 0.15) is 29.1 Å². The lowest BCUT2D eigenvalue weighted by molar-refractivity contribution is -0.150. The fourth-order valence-corrected chi connectivity index (χ4v) is 3.42. The number of nitrogen functional groups attached to an aromatic ring is 1. The number of nitrogens with two attached hydrogens (primary N) is 1. The number of rotatable bonds is 4. The molecular weight excluding hydrogens is 278 g/mol. The maximum absolute atomic E-state index is 11.7. The average molecular weight is 299 g/mol. The van der Waals surface area contributed by atoms with Gasteiger partial charge in [0.05, 0.1) is 23.2 Å². The van der Waals surface area contributed by atoms with Crippen LogP contribution in [0.5, 0.6) is 0 Å². The summed E-state index contributed by atoms with van der Waals surface area (Å²) in [7, 11) is 0. The average Bonchev–Trinajstić information content (AvgIpc) is 2.84. The Bertz CT molecular complexity index is 475. The van der Waals surface area contributed by atoms with E-state index in [9.17, 15) is 9.90 Å². The Kier molecular flexibility index (Phi) is 4.77. The quantitative estimate of drug-likeness (QED) is 0.423. The molecule has 0 bridgehead atoms. The number of aliphatic hydroxyl groups is 1. The maximum atomic E-state index is 11.7. The predicted molar refractivity (Wildman–Crippen MR) is 77.3 cm³/mol. The Morgan fingerprint density at radius 3 is 3.10 bits per heavy atom. The van der Waals surface area contributed by atoms with Gasteiger partial charge < -0.3 is 9.84 Å². The lowest BCUT2D eigenvalue weighted by atomic mass is 10.0. The van der Waals surface area contributed by atoms with E-state index in [0.717, 1.165) is 12.1 Å². The van der Waals surface area contributed by atoms with E-state index >= 15 is 0 Å². The molecule has 4 N–H and O–H groups in total. The third-order valence-corrected chi connectivity index (χ3v) is 4.19. The Balaban J connectivity index is 2.09. The van der Waals surface area contributed by atoms with E-state index < -0.39 is 0 Å². The van der Waals surface area contributed by atoms with E-state index in [1.165, 1.54) is 11.3 Å². The number of nitrogens with zero attached hydrogens (tertiary/aromatic N) is 1. The van der Waals surface area contributed by atoms with Crippen molar-refractivity contribution in [2.75, 3.05) is 19.7 Å². The van der Waals surface area contributed by atoms with Crippen molar-refractivity contribution in [2.24, 2.45) is 5.84 Å². The first-order chi connectivity index (χ1) is 9.45. The molecule has 112 valence electrons. The van der Waals surface area contributed by atoms with Crippen LogP contribution in [-0.4, -0.2) is 47.3 Å². The SMILES string of the molecule is CC1(C)CN(Cc2ccsc2C(=O)NN)CC(CO)O1. The van der Waals surface area contributed by atoms with Crippen molar-refractivity contribution < 1.29 is 14.6 Å². The molecule has 1 unspecified atom stereocenters. The summed E-state index contributed by atoms with van der Waals surface area (Å²) in [4.78, 5) is 14.5. The van der Waals surface area contributed by atoms with E-state index in [1.807, 2.05) is 25.3 Å². The number of ether oxygens (including phenoxy) is 1. The first kappa shape index (κ1) is 15.4.